The second kappa shape index (κ2) is 6.87. The molecule has 0 aliphatic rings. The zero-order valence-electron chi connectivity index (χ0n) is 18.0. The number of pyridine rings is 1. The van der Waals surface area contributed by atoms with E-state index in [9.17, 15) is 4.39 Å². The molecule has 4 aromatic rings. The highest BCUT2D eigenvalue weighted by molar-refractivity contribution is 5.96. The van der Waals surface area contributed by atoms with Crippen molar-refractivity contribution in [2.45, 2.75) is 27.7 Å². The van der Waals surface area contributed by atoms with Crippen molar-refractivity contribution in [1.29, 1.82) is 0 Å². The minimum absolute atomic E-state index is 0.140. The van der Waals surface area contributed by atoms with Gasteiger partial charge in [-0.25, -0.2) is 4.39 Å². The van der Waals surface area contributed by atoms with Crippen molar-refractivity contribution in [1.82, 2.24) is 0 Å². The highest BCUT2D eigenvalue weighted by atomic mass is 19.1. The third kappa shape index (κ3) is 2.90. The Hall–Kier alpha value is -3.00. The molecule has 1 nitrogen and oxygen atoms in total. The topological polar surface area (TPSA) is 3.88 Å². The maximum absolute atomic E-state index is 14.4. The van der Waals surface area contributed by atoms with Crippen LogP contribution in [0.5, 0.6) is 0 Å². The van der Waals surface area contributed by atoms with Gasteiger partial charge in [0.05, 0.1) is 12.3 Å². The Balaban J connectivity index is 2.09. The number of benzene rings is 3. The molecule has 0 aliphatic carbocycles. The maximum Gasteiger partial charge on any atom is 0.220 e. The van der Waals surface area contributed by atoms with Gasteiger partial charge in [-0.1, -0.05) is 36.4 Å². The van der Waals surface area contributed by atoms with Gasteiger partial charge in [0.1, 0.15) is 12.9 Å². The largest absolute Gasteiger partial charge is 0.220 e. The van der Waals surface area contributed by atoms with Crippen LogP contribution in [0.1, 0.15) is 23.8 Å². The Bertz CT molecular complexity index is 1260. The number of rotatable bonds is 2. The number of fused-ring (bicyclic) bond motifs is 1. The fraction of sp³-hybridized carbons (Fsp3) is 0.192. The van der Waals surface area contributed by atoms with Crippen LogP contribution in [0, 0.1) is 33.5 Å². The lowest BCUT2D eigenvalue weighted by Gasteiger charge is -2.14. The SMILES string of the molecule is [2H]c1c(C)[n+](C)c(-c2cc(C)c(F)c(C)c2C)c2ccc(-c3ccccc3)cc12. The summed E-state index contributed by atoms with van der Waals surface area (Å²) in [6.45, 7) is 7.59. The molecule has 2 heteroatoms. The van der Waals surface area contributed by atoms with Crippen molar-refractivity contribution in [3.63, 3.8) is 0 Å². The fourth-order valence-electron chi connectivity index (χ4n) is 3.91. The average Bonchev–Trinajstić information content (AvgIpc) is 2.74. The smallest absolute Gasteiger partial charge is 0.206 e. The van der Waals surface area contributed by atoms with Gasteiger partial charge in [-0.15, -0.1) is 0 Å². The van der Waals surface area contributed by atoms with Gasteiger partial charge in [0.2, 0.25) is 5.69 Å². The van der Waals surface area contributed by atoms with E-state index in [-0.39, 0.29) is 5.82 Å². The van der Waals surface area contributed by atoms with E-state index in [1.54, 1.807) is 0 Å². The van der Waals surface area contributed by atoms with Gasteiger partial charge in [0, 0.05) is 13.0 Å². The predicted octanol–water partition coefficient (Wildman–Crippen LogP) is 6.37. The molecule has 0 saturated heterocycles. The number of nitrogens with zero attached hydrogens (tertiary/aromatic N) is 1. The fourth-order valence-corrected chi connectivity index (χ4v) is 3.91. The molecule has 0 amide bonds. The van der Waals surface area contributed by atoms with Gasteiger partial charge < -0.3 is 0 Å². The third-order valence-corrected chi connectivity index (χ3v) is 5.79. The second-order valence-electron chi connectivity index (χ2n) is 7.55. The Morgan fingerprint density at radius 2 is 1.57 bits per heavy atom. The van der Waals surface area contributed by atoms with Crippen LogP contribution in [0.2, 0.25) is 0 Å². The molecule has 0 aliphatic heterocycles. The minimum atomic E-state index is -0.140. The highest BCUT2D eigenvalue weighted by Gasteiger charge is 2.22. The number of hydrogen-bond donors (Lipinski definition) is 0. The Kier molecular flexibility index (Phi) is 4.20. The molecular formula is C26H25FN+. The molecule has 0 radical (unpaired) electrons. The van der Waals surface area contributed by atoms with E-state index in [2.05, 4.69) is 34.9 Å². The highest BCUT2D eigenvalue weighted by Crippen LogP contribution is 2.34. The lowest BCUT2D eigenvalue weighted by Crippen LogP contribution is -2.35. The summed E-state index contributed by atoms with van der Waals surface area (Å²) in [5, 5.41) is 1.92. The summed E-state index contributed by atoms with van der Waals surface area (Å²) in [4.78, 5) is 0. The molecule has 0 atom stereocenters. The van der Waals surface area contributed by atoms with Crippen molar-refractivity contribution >= 4 is 10.8 Å². The van der Waals surface area contributed by atoms with E-state index < -0.39 is 0 Å². The van der Waals surface area contributed by atoms with Crippen LogP contribution >= 0.6 is 0 Å². The first-order valence-corrected chi connectivity index (χ1v) is 9.56. The first kappa shape index (κ1) is 17.1. The van der Waals surface area contributed by atoms with Gasteiger partial charge in [-0.2, -0.15) is 4.57 Å². The summed E-state index contributed by atoms with van der Waals surface area (Å²) in [7, 11) is 1.99. The van der Waals surface area contributed by atoms with Crippen molar-refractivity contribution in [3.05, 3.63) is 88.8 Å². The van der Waals surface area contributed by atoms with Gasteiger partial charge in [0.25, 0.3) is 0 Å². The molecule has 0 fully saturated rings. The van der Waals surface area contributed by atoms with Crippen molar-refractivity contribution in [2.24, 2.45) is 7.05 Å². The van der Waals surface area contributed by atoms with Gasteiger partial charge in [-0.3, -0.25) is 0 Å². The molecule has 28 heavy (non-hydrogen) atoms. The molecule has 4 rings (SSSR count). The summed E-state index contributed by atoms with van der Waals surface area (Å²) in [6.07, 6.45) is 0. The van der Waals surface area contributed by atoms with Crippen molar-refractivity contribution in [2.75, 3.05) is 0 Å². The molecule has 140 valence electrons. The molecule has 1 aromatic heterocycles. The lowest BCUT2D eigenvalue weighted by molar-refractivity contribution is -0.665. The zero-order valence-corrected chi connectivity index (χ0v) is 17.0. The summed E-state index contributed by atoms with van der Waals surface area (Å²) in [6, 6.07) is 19.0. The maximum atomic E-state index is 14.4. The minimum Gasteiger partial charge on any atom is -0.206 e. The van der Waals surface area contributed by atoms with Gasteiger partial charge in [0.15, 0.2) is 5.69 Å². The Labute approximate surface area is 167 Å². The van der Waals surface area contributed by atoms with Crippen LogP contribution in [-0.2, 0) is 7.05 Å². The van der Waals surface area contributed by atoms with Crippen LogP contribution in [-0.4, -0.2) is 0 Å². The molecule has 0 saturated carbocycles. The number of aromatic nitrogens is 1. The average molecular weight is 371 g/mol. The second-order valence-corrected chi connectivity index (χ2v) is 7.55. The molecule has 3 aromatic carbocycles. The monoisotopic (exact) mass is 371 g/mol. The van der Waals surface area contributed by atoms with Crippen LogP contribution < -0.4 is 4.57 Å². The number of aryl methyl sites for hydroxylation is 1. The molecule has 0 unspecified atom stereocenters. The molecule has 0 bridgehead atoms. The first-order chi connectivity index (χ1) is 13.8. The van der Waals surface area contributed by atoms with Crippen LogP contribution in [0.25, 0.3) is 33.2 Å². The van der Waals surface area contributed by atoms with E-state index in [4.69, 9.17) is 1.37 Å². The van der Waals surface area contributed by atoms with Crippen LogP contribution in [0.3, 0.4) is 0 Å². The summed E-state index contributed by atoms with van der Waals surface area (Å²) in [5.41, 5.74) is 7.42. The van der Waals surface area contributed by atoms with E-state index >= 15 is 0 Å². The normalized spacial score (nSPS) is 11.7. The van der Waals surface area contributed by atoms with E-state index in [0.29, 0.717) is 17.2 Å². The molecule has 0 spiro atoms. The summed E-state index contributed by atoms with van der Waals surface area (Å²) >= 11 is 0. The van der Waals surface area contributed by atoms with Crippen LogP contribution in [0.4, 0.5) is 4.39 Å². The lowest BCUT2D eigenvalue weighted by atomic mass is 9.92. The van der Waals surface area contributed by atoms with Crippen molar-refractivity contribution < 1.29 is 10.3 Å². The Morgan fingerprint density at radius 3 is 2.29 bits per heavy atom. The van der Waals surface area contributed by atoms with Crippen molar-refractivity contribution in [3.8, 4) is 22.4 Å². The Morgan fingerprint density at radius 1 is 0.857 bits per heavy atom. The summed E-state index contributed by atoms with van der Waals surface area (Å²) in [5.74, 6) is -0.140. The molecular weight excluding hydrogens is 345 g/mol. The van der Waals surface area contributed by atoms with Crippen LogP contribution in [0.15, 0.2) is 60.6 Å². The van der Waals surface area contributed by atoms with E-state index in [0.717, 1.165) is 44.4 Å². The van der Waals surface area contributed by atoms with E-state index in [1.807, 2.05) is 59.0 Å². The number of halogens is 1. The molecule has 1 heterocycles. The number of hydrogen-bond acceptors (Lipinski definition) is 0. The van der Waals surface area contributed by atoms with E-state index in [1.165, 1.54) is 0 Å². The van der Waals surface area contributed by atoms with Gasteiger partial charge >= 0.3 is 0 Å². The molecule has 0 N–H and O–H groups in total. The van der Waals surface area contributed by atoms with Gasteiger partial charge in [-0.05, 0) is 72.2 Å². The summed E-state index contributed by atoms with van der Waals surface area (Å²) < 4.78 is 25.2. The quantitative estimate of drug-likeness (QED) is 0.360. The standard InChI is InChI=1S/C26H25FN/c1-16-13-24(18(3)19(4)25(16)27)26-23-12-11-21(20-9-7-6-8-10-20)15-22(23)14-17(2)28(26)5/h6-15H,1-5H3/q+1/i14D. The predicted molar refractivity (Wildman–Crippen MR) is 115 cm³/mol. The first-order valence-electron chi connectivity index (χ1n) is 10.1. The zero-order chi connectivity index (χ0) is 20.9. The third-order valence-electron chi connectivity index (χ3n) is 5.79.